The lowest BCUT2D eigenvalue weighted by Crippen LogP contribution is -1.90. The molecule has 0 heterocycles. The standard InChI is InChI=1S/C10H16O/c1-2-9-5-6-10(8-9)4-3-7-11/h2-4,9-11H,1,5-8H2/b4-3+. The van der Waals surface area contributed by atoms with Gasteiger partial charge in [0.15, 0.2) is 0 Å². The lowest BCUT2D eigenvalue weighted by Gasteiger charge is -2.01. The van der Waals surface area contributed by atoms with Crippen molar-refractivity contribution in [1.29, 1.82) is 0 Å². The third-order valence-corrected chi connectivity index (χ3v) is 2.36. The summed E-state index contributed by atoms with van der Waals surface area (Å²) in [5.74, 6) is 1.40. The van der Waals surface area contributed by atoms with Crippen LogP contribution in [0.3, 0.4) is 0 Å². The summed E-state index contributed by atoms with van der Waals surface area (Å²) in [4.78, 5) is 0. The van der Waals surface area contributed by atoms with E-state index in [9.17, 15) is 0 Å². The van der Waals surface area contributed by atoms with Gasteiger partial charge in [-0.3, -0.25) is 0 Å². The van der Waals surface area contributed by atoms with Crippen LogP contribution in [0.4, 0.5) is 0 Å². The Hall–Kier alpha value is -0.560. The van der Waals surface area contributed by atoms with Crippen molar-refractivity contribution < 1.29 is 5.11 Å². The second kappa shape index (κ2) is 4.35. The first-order chi connectivity index (χ1) is 5.36. The molecule has 1 aliphatic carbocycles. The maximum atomic E-state index is 8.54. The summed E-state index contributed by atoms with van der Waals surface area (Å²) in [7, 11) is 0. The van der Waals surface area contributed by atoms with Crippen LogP contribution in [-0.2, 0) is 0 Å². The molecule has 1 aliphatic rings. The summed E-state index contributed by atoms with van der Waals surface area (Å²) >= 11 is 0. The van der Waals surface area contributed by atoms with Crippen LogP contribution in [0.2, 0.25) is 0 Å². The minimum atomic E-state index is 0.176. The third kappa shape index (κ3) is 2.51. The Morgan fingerprint density at radius 2 is 2.09 bits per heavy atom. The Labute approximate surface area is 68.4 Å². The molecule has 2 unspecified atom stereocenters. The van der Waals surface area contributed by atoms with E-state index >= 15 is 0 Å². The average molecular weight is 152 g/mol. The maximum absolute atomic E-state index is 8.54. The van der Waals surface area contributed by atoms with Gasteiger partial charge in [-0.15, -0.1) is 6.58 Å². The van der Waals surface area contributed by atoms with E-state index in [0.717, 1.165) is 0 Å². The van der Waals surface area contributed by atoms with E-state index < -0.39 is 0 Å². The van der Waals surface area contributed by atoms with Crippen molar-refractivity contribution in [2.45, 2.75) is 19.3 Å². The van der Waals surface area contributed by atoms with Gasteiger partial charge < -0.3 is 5.11 Å². The average Bonchev–Trinajstić information content (AvgIpc) is 2.48. The highest BCUT2D eigenvalue weighted by atomic mass is 16.2. The number of rotatable bonds is 3. The number of hydrogen-bond donors (Lipinski definition) is 1. The van der Waals surface area contributed by atoms with Gasteiger partial charge in [0, 0.05) is 0 Å². The van der Waals surface area contributed by atoms with Gasteiger partial charge >= 0.3 is 0 Å². The topological polar surface area (TPSA) is 20.2 Å². The maximum Gasteiger partial charge on any atom is 0.0612 e. The van der Waals surface area contributed by atoms with Crippen LogP contribution in [0.5, 0.6) is 0 Å². The van der Waals surface area contributed by atoms with Gasteiger partial charge in [-0.05, 0) is 31.1 Å². The van der Waals surface area contributed by atoms with Crippen LogP contribution in [0.25, 0.3) is 0 Å². The molecule has 0 aliphatic heterocycles. The van der Waals surface area contributed by atoms with Crippen molar-refractivity contribution in [2.75, 3.05) is 6.61 Å². The SMILES string of the molecule is C=CC1CCC(/C=C/CO)C1. The fraction of sp³-hybridized carbons (Fsp3) is 0.600. The molecule has 11 heavy (non-hydrogen) atoms. The van der Waals surface area contributed by atoms with E-state index in [1.165, 1.54) is 19.3 Å². The van der Waals surface area contributed by atoms with Crippen LogP contribution < -0.4 is 0 Å². The van der Waals surface area contributed by atoms with Crippen molar-refractivity contribution in [1.82, 2.24) is 0 Å². The predicted molar refractivity (Wildman–Crippen MR) is 47.3 cm³/mol. The van der Waals surface area contributed by atoms with Crippen LogP contribution in [0, 0.1) is 11.8 Å². The first-order valence-corrected chi connectivity index (χ1v) is 4.27. The Balaban J connectivity index is 2.29. The molecule has 1 saturated carbocycles. The fourth-order valence-electron chi connectivity index (χ4n) is 1.69. The second-order valence-corrected chi connectivity index (χ2v) is 3.18. The zero-order chi connectivity index (χ0) is 8.10. The molecule has 0 amide bonds. The van der Waals surface area contributed by atoms with Crippen molar-refractivity contribution in [3.05, 3.63) is 24.8 Å². The lowest BCUT2D eigenvalue weighted by atomic mass is 10.0. The summed E-state index contributed by atoms with van der Waals surface area (Å²) in [5, 5.41) is 8.54. The smallest absolute Gasteiger partial charge is 0.0612 e. The van der Waals surface area contributed by atoms with Gasteiger partial charge in [0.25, 0.3) is 0 Å². The molecule has 1 nitrogen and oxygen atoms in total. The van der Waals surface area contributed by atoms with Gasteiger partial charge in [-0.2, -0.15) is 0 Å². The zero-order valence-electron chi connectivity index (χ0n) is 6.87. The normalized spacial score (nSPS) is 31.4. The molecular formula is C10H16O. The van der Waals surface area contributed by atoms with Gasteiger partial charge in [-0.1, -0.05) is 18.2 Å². The highest BCUT2D eigenvalue weighted by Crippen LogP contribution is 2.31. The second-order valence-electron chi connectivity index (χ2n) is 3.18. The van der Waals surface area contributed by atoms with E-state index in [2.05, 4.69) is 12.7 Å². The Bertz CT molecular complexity index is 149. The number of aliphatic hydroxyl groups excluding tert-OH is 1. The Morgan fingerprint density at radius 3 is 2.64 bits per heavy atom. The van der Waals surface area contributed by atoms with E-state index in [0.29, 0.717) is 11.8 Å². The predicted octanol–water partition coefficient (Wildman–Crippen LogP) is 2.14. The monoisotopic (exact) mass is 152 g/mol. The molecule has 1 heteroatoms. The summed E-state index contributed by atoms with van der Waals surface area (Å²) in [6.07, 6.45) is 9.77. The largest absolute Gasteiger partial charge is 0.392 e. The fourth-order valence-corrected chi connectivity index (χ4v) is 1.69. The van der Waals surface area contributed by atoms with Crippen LogP contribution in [-0.4, -0.2) is 11.7 Å². The molecule has 1 N–H and O–H groups in total. The molecule has 0 aromatic rings. The molecule has 62 valence electrons. The van der Waals surface area contributed by atoms with Gasteiger partial charge in [-0.25, -0.2) is 0 Å². The molecular weight excluding hydrogens is 136 g/mol. The first kappa shape index (κ1) is 8.54. The lowest BCUT2D eigenvalue weighted by molar-refractivity contribution is 0.341. The first-order valence-electron chi connectivity index (χ1n) is 4.27. The van der Waals surface area contributed by atoms with E-state index in [4.69, 9.17) is 5.11 Å². The molecule has 0 aromatic heterocycles. The molecule has 0 radical (unpaired) electrons. The molecule has 0 bridgehead atoms. The van der Waals surface area contributed by atoms with Crippen LogP contribution in [0.1, 0.15) is 19.3 Å². The summed E-state index contributed by atoms with van der Waals surface area (Å²) < 4.78 is 0. The van der Waals surface area contributed by atoms with E-state index in [1.54, 1.807) is 0 Å². The van der Waals surface area contributed by atoms with Gasteiger partial charge in [0.1, 0.15) is 0 Å². The highest BCUT2D eigenvalue weighted by Gasteiger charge is 2.19. The minimum Gasteiger partial charge on any atom is -0.392 e. The van der Waals surface area contributed by atoms with Crippen molar-refractivity contribution in [3.8, 4) is 0 Å². The zero-order valence-corrected chi connectivity index (χ0v) is 6.87. The summed E-state index contributed by atoms with van der Waals surface area (Å²) in [6, 6.07) is 0. The number of allylic oxidation sites excluding steroid dienone is 2. The Morgan fingerprint density at radius 1 is 1.36 bits per heavy atom. The van der Waals surface area contributed by atoms with E-state index in [1.807, 2.05) is 12.2 Å². The molecule has 1 fully saturated rings. The van der Waals surface area contributed by atoms with Crippen molar-refractivity contribution in [3.63, 3.8) is 0 Å². The highest BCUT2D eigenvalue weighted by molar-refractivity contribution is 4.96. The molecule has 1 rings (SSSR count). The van der Waals surface area contributed by atoms with Crippen LogP contribution >= 0.6 is 0 Å². The summed E-state index contributed by atoms with van der Waals surface area (Å²) in [6.45, 7) is 3.96. The number of aliphatic hydroxyl groups is 1. The number of hydrogen-bond acceptors (Lipinski definition) is 1. The van der Waals surface area contributed by atoms with E-state index in [-0.39, 0.29) is 6.61 Å². The summed E-state index contributed by atoms with van der Waals surface area (Å²) in [5.41, 5.74) is 0. The van der Waals surface area contributed by atoms with Crippen molar-refractivity contribution >= 4 is 0 Å². The van der Waals surface area contributed by atoms with Gasteiger partial charge in [0.05, 0.1) is 6.61 Å². The Kier molecular flexibility index (Phi) is 3.37. The van der Waals surface area contributed by atoms with Crippen molar-refractivity contribution in [2.24, 2.45) is 11.8 Å². The quantitative estimate of drug-likeness (QED) is 0.614. The molecule has 2 atom stereocenters. The van der Waals surface area contributed by atoms with Gasteiger partial charge in [0.2, 0.25) is 0 Å². The third-order valence-electron chi connectivity index (χ3n) is 2.36. The molecule has 0 spiro atoms. The molecule has 0 aromatic carbocycles. The minimum absolute atomic E-state index is 0.176. The van der Waals surface area contributed by atoms with Crippen LogP contribution in [0.15, 0.2) is 24.8 Å². The molecule has 0 saturated heterocycles.